The zero-order valence-electron chi connectivity index (χ0n) is 14.4. The lowest BCUT2D eigenvalue weighted by Crippen LogP contribution is -2.13. The van der Waals surface area contributed by atoms with Crippen LogP contribution in [0.5, 0.6) is 0 Å². The summed E-state index contributed by atoms with van der Waals surface area (Å²) in [5, 5.41) is 1.46. The molecule has 0 saturated carbocycles. The molecular formula is C22H16N2O2S. The molecule has 3 aromatic carbocycles. The summed E-state index contributed by atoms with van der Waals surface area (Å²) in [5.74, 6) is 0. The van der Waals surface area contributed by atoms with Gasteiger partial charge >= 0.3 is 0 Å². The van der Waals surface area contributed by atoms with Gasteiger partial charge in [-0.3, -0.25) is 9.71 Å². The van der Waals surface area contributed by atoms with Crippen LogP contribution in [0.15, 0.2) is 84.0 Å². The fraction of sp³-hybridized carbons (Fsp3) is 0.0455. The Kier molecular flexibility index (Phi) is 3.52. The molecule has 1 aromatic heterocycles. The number of nitrogens with zero attached hydrogens (tertiary/aromatic N) is 1. The van der Waals surface area contributed by atoms with Crippen LogP contribution in [0.4, 0.5) is 5.69 Å². The van der Waals surface area contributed by atoms with Crippen LogP contribution in [0.3, 0.4) is 0 Å². The minimum absolute atomic E-state index is 0.256. The maximum absolute atomic E-state index is 13.0. The van der Waals surface area contributed by atoms with E-state index in [0.717, 1.165) is 17.4 Å². The summed E-state index contributed by atoms with van der Waals surface area (Å²) >= 11 is 0. The van der Waals surface area contributed by atoms with Crippen LogP contribution in [0.1, 0.15) is 11.1 Å². The fourth-order valence-corrected chi connectivity index (χ4v) is 5.03. The van der Waals surface area contributed by atoms with Crippen molar-refractivity contribution >= 4 is 26.5 Å². The van der Waals surface area contributed by atoms with Crippen LogP contribution in [-0.2, 0) is 16.4 Å². The quantitative estimate of drug-likeness (QED) is 0.503. The Morgan fingerprint density at radius 1 is 0.852 bits per heavy atom. The molecule has 0 spiro atoms. The van der Waals surface area contributed by atoms with E-state index in [9.17, 15) is 8.42 Å². The molecule has 0 unspecified atom stereocenters. The van der Waals surface area contributed by atoms with Gasteiger partial charge in [0.05, 0.1) is 4.90 Å². The molecule has 27 heavy (non-hydrogen) atoms. The maximum Gasteiger partial charge on any atom is 0.262 e. The van der Waals surface area contributed by atoms with Crippen molar-refractivity contribution in [1.29, 1.82) is 0 Å². The molecular weight excluding hydrogens is 356 g/mol. The molecule has 0 fully saturated rings. The average molecular weight is 372 g/mol. The summed E-state index contributed by atoms with van der Waals surface area (Å²) in [5.41, 5.74) is 5.38. The van der Waals surface area contributed by atoms with Gasteiger partial charge in [-0.25, -0.2) is 8.42 Å². The van der Waals surface area contributed by atoms with Crippen molar-refractivity contribution in [3.05, 3.63) is 90.3 Å². The van der Waals surface area contributed by atoms with Crippen molar-refractivity contribution in [2.75, 3.05) is 4.72 Å². The first-order valence-electron chi connectivity index (χ1n) is 8.69. The third-order valence-corrected chi connectivity index (χ3v) is 6.42. The van der Waals surface area contributed by atoms with E-state index in [4.69, 9.17) is 0 Å². The summed E-state index contributed by atoms with van der Waals surface area (Å²) in [6.45, 7) is 0. The second-order valence-corrected chi connectivity index (χ2v) is 8.32. The molecule has 4 aromatic rings. The van der Waals surface area contributed by atoms with E-state index < -0.39 is 10.0 Å². The van der Waals surface area contributed by atoms with E-state index in [1.54, 1.807) is 30.6 Å². The first-order chi connectivity index (χ1) is 13.1. The lowest BCUT2D eigenvalue weighted by Gasteiger charge is -2.11. The summed E-state index contributed by atoms with van der Waals surface area (Å²) in [6, 6.07) is 21.0. The van der Waals surface area contributed by atoms with Gasteiger partial charge in [-0.15, -0.1) is 0 Å². The van der Waals surface area contributed by atoms with Crippen LogP contribution < -0.4 is 4.72 Å². The molecule has 1 aliphatic carbocycles. The third-order valence-electron chi connectivity index (χ3n) is 4.98. The van der Waals surface area contributed by atoms with Gasteiger partial charge in [-0.1, -0.05) is 42.5 Å². The highest BCUT2D eigenvalue weighted by Crippen LogP contribution is 2.38. The lowest BCUT2D eigenvalue weighted by molar-refractivity contribution is 0.602. The smallest absolute Gasteiger partial charge is 0.262 e. The molecule has 1 aliphatic rings. The molecule has 1 N–H and O–H groups in total. The molecule has 132 valence electrons. The van der Waals surface area contributed by atoms with Crippen molar-refractivity contribution in [2.45, 2.75) is 11.3 Å². The average Bonchev–Trinajstić information content (AvgIpc) is 3.05. The number of hydrogen-bond donors (Lipinski definition) is 1. The predicted octanol–water partition coefficient (Wildman–Crippen LogP) is 4.61. The number of rotatable bonds is 3. The van der Waals surface area contributed by atoms with Crippen LogP contribution >= 0.6 is 0 Å². The number of nitrogens with one attached hydrogen (secondary N) is 1. The van der Waals surface area contributed by atoms with Crippen molar-refractivity contribution in [3.63, 3.8) is 0 Å². The van der Waals surface area contributed by atoms with Gasteiger partial charge in [0.2, 0.25) is 0 Å². The number of hydrogen-bond acceptors (Lipinski definition) is 3. The van der Waals surface area contributed by atoms with Gasteiger partial charge in [-0.05, 0) is 52.9 Å². The molecule has 0 aliphatic heterocycles. The van der Waals surface area contributed by atoms with Crippen molar-refractivity contribution in [1.82, 2.24) is 4.98 Å². The fourth-order valence-electron chi connectivity index (χ4n) is 3.75. The molecule has 1 heterocycles. The van der Waals surface area contributed by atoms with Crippen molar-refractivity contribution in [2.24, 2.45) is 0 Å². The zero-order valence-corrected chi connectivity index (χ0v) is 15.2. The molecule has 0 radical (unpaired) electrons. The number of fused-ring (bicyclic) bond motifs is 4. The summed E-state index contributed by atoms with van der Waals surface area (Å²) in [4.78, 5) is 4.32. The minimum Gasteiger partial charge on any atom is -0.280 e. The Labute approximate surface area is 157 Å². The second kappa shape index (κ2) is 5.93. The molecule has 0 saturated heterocycles. The van der Waals surface area contributed by atoms with E-state index in [1.807, 2.05) is 36.4 Å². The van der Waals surface area contributed by atoms with Crippen LogP contribution in [-0.4, -0.2) is 13.4 Å². The summed E-state index contributed by atoms with van der Waals surface area (Å²) in [7, 11) is -3.70. The van der Waals surface area contributed by atoms with Gasteiger partial charge in [0.1, 0.15) is 0 Å². The van der Waals surface area contributed by atoms with Crippen LogP contribution in [0.2, 0.25) is 0 Å². The van der Waals surface area contributed by atoms with Gasteiger partial charge in [0.15, 0.2) is 0 Å². The lowest BCUT2D eigenvalue weighted by atomic mass is 10.1. The topological polar surface area (TPSA) is 59.1 Å². The number of benzene rings is 3. The molecule has 0 bridgehead atoms. The normalized spacial score (nSPS) is 12.6. The third kappa shape index (κ3) is 2.67. The Morgan fingerprint density at radius 2 is 1.70 bits per heavy atom. The Balaban J connectivity index is 1.53. The molecule has 5 heteroatoms. The van der Waals surface area contributed by atoms with E-state index in [0.29, 0.717) is 11.1 Å². The number of aromatic nitrogens is 1. The highest BCUT2D eigenvalue weighted by molar-refractivity contribution is 7.93. The van der Waals surface area contributed by atoms with E-state index >= 15 is 0 Å². The Morgan fingerprint density at radius 3 is 2.63 bits per heavy atom. The molecule has 4 nitrogen and oxygen atoms in total. The second-order valence-electron chi connectivity index (χ2n) is 6.66. The Hall–Kier alpha value is -3.18. The van der Waals surface area contributed by atoms with Gasteiger partial charge in [0, 0.05) is 28.9 Å². The van der Waals surface area contributed by atoms with E-state index in [-0.39, 0.29) is 4.90 Å². The maximum atomic E-state index is 13.0. The largest absolute Gasteiger partial charge is 0.280 e. The van der Waals surface area contributed by atoms with E-state index in [2.05, 4.69) is 21.8 Å². The zero-order chi connectivity index (χ0) is 18.4. The number of anilines is 1. The minimum atomic E-state index is -3.70. The summed E-state index contributed by atoms with van der Waals surface area (Å²) in [6.07, 6.45) is 4.09. The molecule has 0 atom stereocenters. The first kappa shape index (κ1) is 16.0. The van der Waals surface area contributed by atoms with Gasteiger partial charge in [0.25, 0.3) is 10.0 Å². The van der Waals surface area contributed by atoms with Crippen molar-refractivity contribution in [3.8, 4) is 11.1 Å². The highest BCUT2D eigenvalue weighted by atomic mass is 32.2. The van der Waals surface area contributed by atoms with Crippen LogP contribution in [0.25, 0.3) is 21.9 Å². The first-order valence-corrected chi connectivity index (χ1v) is 10.2. The van der Waals surface area contributed by atoms with Crippen LogP contribution in [0, 0.1) is 0 Å². The predicted molar refractivity (Wildman–Crippen MR) is 107 cm³/mol. The molecule has 0 amide bonds. The Bertz CT molecular complexity index is 1290. The monoisotopic (exact) mass is 372 g/mol. The number of pyridine rings is 1. The summed E-state index contributed by atoms with van der Waals surface area (Å²) < 4.78 is 28.7. The van der Waals surface area contributed by atoms with Gasteiger partial charge < -0.3 is 0 Å². The highest BCUT2D eigenvalue weighted by Gasteiger charge is 2.21. The standard InChI is InChI=1S/C22H16N2O2S/c25-27(26,22-7-3-5-16-14-23-11-10-21(16)22)24-18-8-9-20-17(13-18)12-15-4-1-2-6-19(15)20/h1-11,13-14,24H,12H2. The number of sulfonamides is 1. The van der Waals surface area contributed by atoms with E-state index in [1.165, 1.54) is 16.7 Å². The molecule has 5 rings (SSSR count). The van der Waals surface area contributed by atoms with Gasteiger partial charge in [-0.2, -0.15) is 0 Å². The van der Waals surface area contributed by atoms with Crippen molar-refractivity contribution < 1.29 is 8.42 Å². The SMILES string of the molecule is O=S(=O)(Nc1ccc2c(c1)Cc1ccccc1-2)c1cccc2cnccc12.